The minimum absolute atomic E-state index is 0.139. The van der Waals surface area contributed by atoms with Gasteiger partial charge in [-0.25, -0.2) is 4.39 Å². The largest absolute Gasteiger partial charge is 0.309 e. The van der Waals surface area contributed by atoms with Crippen molar-refractivity contribution >= 4 is 21.4 Å². The van der Waals surface area contributed by atoms with Crippen LogP contribution in [0.15, 0.2) is 24.3 Å². The van der Waals surface area contributed by atoms with Crippen molar-refractivity contribution in [3.8, 4) is 0 Å². The van der Waals surface area contributed by atoms with Gasteiger partial charge in [-0.15, -0.1) is 11.3 Å². The molecule has 1 fully saturated rings. The number of hydrogen-bond acceptors (Lipinski definition) is 2. The Morgan fingerprint density at radius 3 is 2.89 bits per heavy atom. The van der Waals surface area contributed by atoms with Gasteiger partial charge in [0.2, 0.25) is 0 Å². The lowest BCUT2D eigenvalue weighted by Crippen LogP contribution is -2.31. The molecule has 1 aliphatic carbocycles. The average molecular weight is 263 g/mol. The summed E-state index contributed by atoms with van der Waals surface area (Å²) in [5, 5.41) is 4.76. The molecule has 0 amide bonds. The van der Waals surface area contributed by atoms with Gasteiger partial charge in [-0.05, 0) is 48.9 Å². The van der Waals surface area contributed by atoms with E-state index in [1.165, 1.54) is 29.5 Å². The van der Waals surface area contributed by atoms with Crippen LogP contribution in [0.3, 0.4) is 0 Å². The molecule has 1 nitrogen and oxygen atoms in total. The van der Waals surface area contributed by atoms with Crippen molar-refractivity contribution in [3.63, 3.8) is 0 Å². The van der Waals surface area contributed by atoms with Gasteiger partial charge in [-0.1, -0.05) is 19.4 Å². The Hall–Kier alpha value is -0.930. The average Bonchev–Trinajstić information content (AvgIpc) is 2.68. The Labute approximate surface area is 111 Å². The highest BCUT2D eigenvalue weighted by Gasteiger charge is 2.28. The maximum Gasteiger partial charge on any atom is 0.124 e. The van der Waals surface area contributed by atoms with E-state index in [1.807, 2.05) is 6.07 Å². The highest BCUT2D eigenvalue weighted by atomic mass is 32.1. The van der Waals surface area contributed by atoms with Crippen LogP contribution in [0.1, 0.15) is 37.1 Å². The molecule has 0 spiro atoms. The molecule has 0 aliphatic heterocycles. The lowest BCUT2D eigenvalue weighted by molar-refractivity contribution is 0.236. The molecule has 1 unspecified atom stereocenters. The molecule has 96 valence electrons. The van der Waals surface area contributed by atoms with E-state index in [4.69, 9.17) is 0 Å². The minimum atomic E-state index is -0.139. The number of rotatable bonds is 4. The molecule has 1 atom stereocenters. The fourth-order valence-electron chi connectivity index (χ4n) is 2.67. The number of nitrogens with one attached hydrogen (secondary N) is 1. The highest BCUT2D eigenvalue weighted by Crippen LogP contribution is 2.41. The lowest BCUT2D eigenvalue weighted by atomic mass is 9.79. The quantitative estimate of drug-likeness (QED) is 0.857. The second kappa shape index (κ2) is 4.98. The van der Waals surface area contributed by atoms with Crippen LogP contribution in [0.4, 0.5) is 4.39 Å². The molecule has 1 aromatic carbocycles. The first-order chi connectivity index (χ1) is 8.78. The van der Waals surface area contributed by atoms with Crippen molar-refractivity contribution < 1.29 is 4.39 Å². The van der Waals surface area contributed by atoms with Crippen molar-refractivity contribution in [2.75, 3.05) is 6.54 Å². The van der Waals surface area contributed by atoms with E-state index < -0.39 is 0 Å². The summed E-state index contributed by atoms with van der Waals surface area (Å²) < 4.78 is 14.3. The normalized spacial score (nSPS) is 17.9. The zero-order chi connectivity index (χ0) is 12.5. The van der Waals surface area contributed by atoms with Gasteiger partial charge in [0.05, 0.1) is 0 Å². The maximum absolute atomic E-state index is 13.2. The summed E-state index contributed by atoms with van der Waals surface area (Å²) in [7, 11) is 0. The monoisotopic (exact) mass is 263 g/mol. The Morgan fingerprint density at radius 2 is 2.22 bits per heavy atom. The van der Waals surface area contributed by atoms with Crippen LogP contribution in [-0.2, 0) is 0 Å². The Bertz CT molecular complexity index is 544. The van der Waals surface area contributed by atoms with Crippen molar-refractivity contribution in [1.82, 2.24) is 5.32 Å². The highest BCUT2D eigenvalue weighted by molar-refractivity contribution is 7.19. The fourth-order valence-corrected chi connectivity index (χ4v) is 3.93. The van der Waals surface area contributed by atoms with E-state index in [-0.39, 0.29) is 5.82 Å². The van der Waals surface area contributed by atoms with Crippen molar-refractivity contribution in [2.24, 2.45) is 5.92 Å². The summed E-state index contributed by atoms with van der Waals surface area (Å²) in [4.78, 5) is 1.36. The van der Waals surface area contributed by atoms with E-state index in [0.29, 0.717) is 6.04 Å². The molecule has 3 rings (SSSR count). The van der Waals surface area contributed by atoms with Gasteiger partial charge in [0.1, 0.15) is 5.82 Å². The molecule has 1 N–H and O–H groups in total. The van der Waals surface area contributed by atoms with Crippen LogP contribution in [0.25, 0.3) is 10.1 Å². The Balaban J connectivity index is 1.95. The molecule has 2 aromatic rings. The van der Waals surface area contributed by atoms with E-state index in [0.717, 1.165) is 17.2 Å². The smallest absolute Gasteiger partial charge is 0.124 e. The topological polar surface area (TPSA) is 12.0 Å². The summed E-state index contributed by atoms with van der Waals surface area (Å²) in [5.41, 5.74) is 0. The van der Waals surface area contributed by atoms with Gasteiger partial charge in [0.15, 0.2) is 0 Å². The van der Waals surface area contributed by atoms with Crippen LogP contribution in [-0.4, -0.2) is 6.54 Å². The van der Waals surface area contributed by atoms with Gasteiger partial charge in [0, 0.05) is 15.6 Å². The molecule has 0 radical (unpaired) electrons. The molecule has 1 aliphatic rings. The third kappa shape index (κ3) is 2.17. The van der Waals surface area contributed by atoms with Crippen molar-refractivity contribution in [2.45, 2.75) is 32.2 Å². The second-order valence-electron chi connectivity index (χ2n) is 5.06. The standard InChI is InChI=1S/C15H18FNS/c1-2-17-15(10-4-3-5-10)14-8-11-6-7-12(16)9-13(11)18-14/h6-10,15,17H,2-5H2,1H3. The molecule has 1 saturated carbocycles. The second-order valence-corrected chi connectivity index (χ2v) is 6.17. The van der Waals surface area contributed by atoms with Gasteiger partial charge in [-0.2, -0.15) is 0 Å². The van der Waals surface area contributed by atoms with Crippen LogP contribution in [0.2, 0.25) is 0 Å². The first kappa shape index (κ1) is 12.1. The summed E-state index contributed by atoms with van der Waals surface area (Å²) in [6.07, 6.45) is 3.99. The van der Waals surface area contributed by atoms with E-state index >= 15 is 0 Å². The van der Waals surface area contributed by atoms with Gasteiger partial charge >= 0.3 is 0 Å². The summed E-state index contributed by atoms with van der Waals surface area (Å²) >= 11 is 1.73. The third-order valence-electron chi connectivity index (χ3n) is 3.85. The van der Waals surface area contributed by atoms with Crippen LogP contribution in [0.5, 0.6) is 0 Å². The van der Waals surface area contributed by atoms with E-state index in [1.54, 1.807) is 23.5 Å². The molecular weight excluding hydrogens is 245 g/mol. The zero-order valence-corrected chi connectivity index (χ0v) is 11.4. The number of hydrogen-bond donors (Lipinski definition) is 1. The number of fused-ring (bicyclic) bond motifs is 1. The number of halogens is 1. The summed E-state index contributed by atoms with van der Waals surface area (Å²) in [6, 6.07) is 7.77. The van der Waals surface area contributed by atoms with Gasteiger partial charge in [-0.3, -0.25) is 0 Å². The Kier molecular flexibility index (Phi) is 3.35. The first-order valence-corrected chi connectivity index (χ1v) is 7.52. The van der Waals surface area contributed by atoms with Crippen LogP contribution < -0.4 is 5.32 Å². The van der Waals surface area contributed by atoms with Crippen molar-refractivity contribution in [3.05, 3.63) is 35.0 Å². The fraction of sp³-hybridized carbons (Fsp3) is 0.467. The molecular formula is C15H18FNS. The molecule has 0 bridgehead atoms. The SMILES string of the molecule is CCNC(c1cc2ccc(F)cc2s1)C1CCC1. The van der Waals surface area contributed by atoms with E-state index in [2.05, 4.69) is 18.3 Å². The maximum atomic E-state index is 13.2. The van der Waals surface area contributed by atoms with Crippen molar-refractivity contribution in [1.29, 1.82) is 0 Å². The van der Waals surface area contributed by atoms with Gasteiger partial charge in [0.25, 0.3) is 0 Å². The summed E-state index contributed by atoms with van der Waals surface area (Å²) in [5.74, 6) is 0.627. The number of thiophene rings is 1. The predicted octanol–water partition coefficient (Wildman–Crippen LogP) is 4.49. The molecule has 1 heterocycles. The first-order valence-electron chi connectivity index (χ1n) is 6.70. The van der Waals surface area contributed by atoms with Crippen LogP contribution >= 0.6 is 11.3 Å². The minimum Gasteiger partial charge on any atom is -0.309 e. The predicted molar refractivity (Wildman–Crippen MR) is 75.5 cm³/mol. The molecule has 18 heavy (non-hydrogen) atoms. The lowest BCUT2D eigenvalue weighted by Gasteiger charge is -2.33. The Morgan fingerprint density at radius 1 is 1.39 bits per heavy atom. The molecule has 3 heteroatoms. The van der Waals surface area contributed by atoms with Crippen LogP contribution in [0, 0.1) is 11.7 Å². The number of benzene rings is 1. The third-order valence-corrected chi connectivity index (χ3v) is 5.03. The summed E-state index contributed by atoms with van der Waals surface area (Å²) in [6.45, 7) is 3.14. The van der Waals surface area contributed by atoms with Gasteiger partial charge < -0.3 is 5.32 Å². The zero-order valence-electron chi connectivity index (χ0n) is 10.6. The van der Waals surface area contributed by atoms with E-state index in [9.17, 15) is 4.39 Å². The molecule has 0 saturated heterocycles. The molecule has 1 aromatic heterocycles.